The zero-order valence-corrected chi connectivity index (χ0v) is 9.43. The summed E-state index contributed by atoms with van der Waals surface area (Å²) in [6.07, 6.45) is 10.9. The van der Waals surface area contributed by atoms with E-state index in [0.29, 0.717) is 5.41 Å². The van der Waals surface area contributed by atoms with Crippen LogP contribution in [0.15, 0.2) is 23.8 Å². The highest BCUT2D eigenvalue weighted by atomic mass is 14.3. The normalized spacial score (nSPS) is 22.2. The molecule has 0 radical (unpaired) electrons. The third kappa shape index (κ3) is 2.72. The lowest BCUT2D eigenvalue weighted by Gasteiger charge is -2.26. The van der Waals surface area contributed by atoms with Gasteiger partial charge in [-0.2, -0.15) is 0 Å². The summed E-state index contributed by atoms with van der Waals surface area (Å²) < 4.78 is 0. The first kappa shape index (κ1) is 10.6. The molecule has 0 fully saturated rings. The molecule has 1 aliphatic carbocycles. The van der Waals surface area contributed by atoms with E-state index in [2.05, 4.69) is 45.9 Å². The quantitative estimate of drug-likeness (QED) is 0.603. The van der Waals surface area contributed by atoms with Gasteiger partial charge in [0.1, 0.15) is 0 Å². The first-order valence-electron chi connectivity index (χ1n) is 5.44. The third-order valence-electron chi connectivity index (χ3n) is 2.75. The van der Waals surface area contributed by atoms with Crippen LogP contribution in [0.4, 0.5) is 0 Å². The molecule has 1 aliphatic rings. The molecule has 0 aromatic rings. The molecule has 0 heteroatoms. The van der Waals surface area contributed by atoms with Crippen molar-refractivity contribution in [2.24, 2.45) is 11.3 Å². The number of unbranched alkanes of at least 4 members (excludes halogenated alkanes) is 1. The van der Waals surface area contributed by atoms with E-state index in [9.17, 15) is 0 Å². The summed E-state index contributed by atoms with van der Waals surface area (Å²) in [6.45, 7) is 9.19. The van der Waals surface area contributed by atoms with Gasteiger partial charge in [-0.25, -0.2) is 0 Å². The van der Waals surface area contributed by atoms with Crippen LogP contribution >= 0.6 is 0 Å². The highest BCUT2D eigenvalue weighted by Crippen LogP contribution is 2.37. The van der Waals surface area contributed by atoms with Crippen LogP contribution in [0.5, 0.6) is 0 Å². The van der Waals surface area contributed by atoms with E-state index in [1.54, 1.807) is 5.57 Å². The van der Waals surface area contributed by atoms with Crippen molar-refractivity contribution < 1.29 is 0 Å². The van der Waals surface area contributed by atoms with Crippen molar-refractivity contribution in [3.05, 3.63) is 23.8 Å². The van der Waals surface area contributed by atoms with Crippen LogP contribution in [0, 0.1) is 11.3 Å². The van der Waals surface area contributed by atoms with Crippen molar-refractivity contribution in [1.29, 1.82) is 0 Å². The van der Waals surface area contributed by atoms with Gasteiger partial charge in [0, 0.05) is 0 Å². The average Bonchev–Trinajstić information content (AvgIpc) is 2.47. The molecule has 13 heavy (non-hydrogen) atoms. The fraction of sp³-hybridized carbons (Fsp3) is 0.692. The van der Waals surface area contributed by atoms with E-state index >= 15 is 0 Å². The van der Waals surface area contributed by atoms with Gasteiger partial charge in [-0.3, -0.25) is 0 Å². The Morgan fingerprint density at radius 3 is 2.54 bits per heavy atom. The topological polar surface area (TPSA) is 0 Å². The smallest absolute Gasteiger partial charge is 0.00118 e. The summed E-state index contributed by atoms with van der Waals surface area (Å²) in [5.41, 5.74) is 1.96. The first-order valence-corrected chi connectivity index (χ1v) is 5.44. The highest BCUT2D eigenvalue weighted by molar-refractivity contribution is 5.31. The fourth-order valence-electron chi connectivity index (χ4n) is 2.00. The van der Waals surface area contributed by atoms with Crippen molar-refractivity contribution in [1.82, 2.24) is 0 Å². The minimum Gasteiger partial charge on any atom is -0.0773 e. The molecular formula is C13H22. The molecule has 0 aromatic heterocycles. The number of hydrogen-bond acceptors (Lipinski definition) is 0. The summed E-state index contributed by atoms with van der Waals surface area (Å²) in [5, 5.41) is 0. The van der Waals surface area contributed by atoms with Gasteiger partial charge in [-0.05, 0) is 17.8 Å². The first-order chi connectivity index (χ1) is 6.05. The molecule has 0 aliphatic heterocycles. The molecule has 1 atom stereocenters. The predicted octanol–water partition coefficient (Wildman–Crippen LogP) is 4.34. The van der Waals surface area contributed by atoms with Crippen LogP contribution in [0.2, 0.25) is 0 Å². The van der Waals surface area contributed by atoms with Gasteiger partial charge >= 0.3 is 0 Å². The molecule has 1 unspecified atom stereocenters. The molecule has 0 aromatic carbocycles. The van der Waals surface area contributed by atoms with E-state index in [1.165, 1.54) is 19.3 Å². The van der Waals surface area contributed by atoms with Gasteiger partial charge in [0.2, 0.25) is 0 Å². The molecule has 0 N–H and O–H groups in total. The van der Waals surface area contributed by atoms with Gasteiger partial charge in [-0.1, -0.05) is 64.3 Å². The van der Waals surface area contributed by atoms with E-state index < -0.39 is 0 Å². The Hall–Kier alpha value is -0.520. The molecule has 0 heterocycles. The third-order valence-corrected chi connectivity index (χ3v) is 2.75. The van der Waals surface area contributed by atoms with Crippen LogP contribution in [0.25, 0.3) is 0 Å². The SMILES string of the molecule is CCCCC1C=CC=C1C(C)(C)C. The Morgan fingerprint density at radius 1 is 1.31 bits per heavy atom. The monoisotopic (exact) mass is 178 g/mol. The van der Waals surface area contributed by atoms with Crippen molar-refractivity contribution in [2.75, 3.05) is 0 Å². The maximum absolute atomic E-state index is 2.36. The highest BCUT2D eigenvalue weighted by Gasteiger charge is 2.24. The molecule has 0 nitrogen and oxygen atoms in total. The van der Waals surface area contributed by atoms with Crippen molar-refractivity contribution in [3.63, 3.8) is 0 Å². The lowest BCUT2D eigenvalue weighted by Crippen LogP contribution is -2.14. The predicted molar refractivity (Wildman–Crippen MR) is 59.7 cm³/mol. The second-order valence-electron chi connectivity index (χ2n) is 5.01. The zero-order chi connectivity index (χ0) is 9.90. The number of hydrogen-bond donors (Lipinski definition) is 0. The minimum atomic E-state index is 0.349. The van der Waals surface area contributed by atoms with Gasteiger partial charge in [0.05, 0.1) is 0 Å². The molecule has 74 valence electrons. The largest absolute Gasteiger partial charge is 0.0773 e. The molecule has 0 bridgehead atoms. The summed E-state index contributed by atoms with van der Waals surface area (Å²) in [6, 6.07) is 0. The Morgan fingerprint density at radius 2 is 2.00 bits per heavy atom. The standard InChI is InChI=1S/C13H22/c1-5-6-8-11-9-7-10-12(11)13(2,3)4/h7,9-11H,5-6,8H2,1-4H3. The maximum Gasteiger partial charge on any atom is -0.00118 e. The van der Waals surface area contributed by atoms with Crippen molar-refractivity contribution in [2.45, 2.75) is 47.0 Å². The molecule has 1 rings (SSSR count). The zero-order valence-electron chi connectivity index (χ0n) is 9.43. The minimum absolute atomic E-state index is 0.349. The van der Waals surface area contributed by atoms with Gasteiger partial charge in [-0.15, -0.1) is 0 Å². The molecule has 0 spiro atoms. The van der Waals surface area contributed by atoms with Crippen LogP contribution in [0.3, 0.4) is 0 Å². The average molecular weight is 178 g/mol. The molecule has 0 amide bonds. The van der Waals surface area contributed by atoms with Crippen molar-refractivity contribution in [3.8, 4) is 0 Å². The van der Waals surface area contributed by atoms with Crippen LogP contribution in [-0.4, -0.2) is 0 Å². The molecule has 0 saturated carbocycles. The van der Waals surface area contributed by atoms with Crippen LogP contribution in [0.1, 0.15) is 47.0 Å². The van der Waals surface area contributed by atoms with Gasteiger partial charge < -0.3 is 0 Å². The number of allylic oxidation sites excluding steroid dienone is 4. The molecule has 0 saturated heterocycles. The maximum atomic E-state index is 2.36. The molecular weight excluding hydrogens is 156 g/mol. The second-order valence-corrected chi connectivity index (χ2v) is 5.01. The van der Waals surface area contributed by atoms with Crippen LogP contribution in [-0.2, 0) is 0 Å². The van der Waals surface area contributed by atoms with E-state index in [-0.39, 0.29) is 0 Å². The van der Waals surface area contributed by atoms with E-state index in [1.807, 2.05) is 0 Å². The van der Waals surface area contributed by atoms with E-state index in [4.69, 9.17) is 0 Å². The Balaban J connectivity index is 2.57. The summed E-state index contributed by atoms with van der Waals surface area (Å²) in [5.74, 6) is 0.722. The Labute approximate surface area is 82.7 Å². The Bertz CT molecular complexity index is 213. The van der Waals surface area contributed by atoms with E-state index in [0.717, 1.165) is 5.92 Å². The fourth-order valence-corrected chi connectivity index (χ4v) is 2.00. The Kier molecular flexibility index (Phi) is 3.35. The second kappa shape index (κ2) is 4.13. The summed E-state index contributed by atoms with van der Waals surface area (Å²) in [7, 11) is 0. The van der Waals surface area contributed by atoms with Gasteiger partial charge in [0.25, 0.3) is 0 Å². The summed E-state index contributed by atoms with van der Waals surface area (Å²) >= 11 is 0. The number of rotatable bonds is 3. The lowest BCUT2D eigenvalue weighted by molar-refractivity contribution is 0.440. The van der Waals surface area contributed by atoms with Crippen LogP contribution < -0.4 is 0 Å². The lowest BCUT2D eigenvalue weighted by atomic mass is 9.79. The van der Waals surface area contributed by atoms with Crippen molar-refractivity contribution >= 4 is 0 Å². The van der Waals surface area contributed by atoms with Gasteiger partial charge in [0.15, 0.2) is 0 Å². The summed E-state index contributed by atoms with van der Waals surface area (Å²) in [4.78, 5) is 0.